The molecule has 2 rings (SSSR count). The Morgan fingerprint density at radius 1 is 1.61 bits per heavy atom. The average Bonchev–Trinajstić information content (AvgIpc) is 2.81. The van der Waals surface area contributed by atoms with Crippen molar-refractivity contribution in [1.29, 1.82) is 0 Å². The number of hydrogen-bond acceptors (Lipinski definition) is 4. The molecule has 98 valence electrons. The van der Waals surface area contributed by atoms with Crippen LogP contribution in [0.1, 0.15) is 6.92 Å². The predicted molar refractivity (Wildman–Crippen MR) is 72.3 cm³/mol. The van der Waals surface area contributed by atoms with Gasteiger partial charge in [-0.15, -0.1) is 0 Å². The third-order valence-corrected chi connectivity index (χ3v) is 3.53. The molecule has 0 radical (unpaired) electrons. The summed E-state index contributed by atoms with van der Waals surface area (Å²) in [5.41, 5.74) is 0.685. The minimum Gasteiger partial charge on any atom is -0.379 e. The van der Waals surface area contributed by atoms with Crippen molar-refractivity contribution in [3.63, 3.8) is 0 Å². The molecular formula is C12H16BrN3O2. The van der Waals surface area contributed by atoms with Gasteiger partial charge in [0.25, 0.3) is 0 Å². The van der Waals surface area contributed by atoms with Crippen molar-refractivity contribution in [2.45, 2.75) is 13.0 Å². The maximum Gasteiger partial charge on any atom is 0.231 e. The Kier molecular flexibility index (Phi) is 4.68. The molecule has 1 aliphatic heterocycles. The molecule has 2 unspecified atom stereocenters. The van der Waals surface area contributed by atoms with Gasteiger partial charge in [-0.3, -0.25) is 4.79 Å². The summed E-state index contributed by atoms with van der Waals surface area (Å²) in [6.07, 6.45) is 1.67. The summed E-state index contributed by atoms with van der Waals surface area (Å²) >= 11 is 3.31. The zero-order valence-electron chi connectivity index (χ0n) is 10.1. The standard InChI is InChI=1S/C12H16BrN3O2/c1-2-14-10-7-18-6-8(10)12(17)16-9-4-3-5-15-11(9)13/h3-5,8,10,14H,2,6-7H2,1H3,(H,16,17). The summed E-state index contributed by atoms with van der Waals surface area (Å²) in [5, 5.41) is 6.13. The number of hydrogen-bond donors (Lipinski definition) is 2. The molecule has 0 bridgehead atoms. The second kappa shape index (κ2) is 6.26. The molecule has 2 heterocycles. The predicted octanol–water partition coefficient (Wildman–Crippen LogP) is 1.41. The Hall–Kier alpha value is -0.980. The summed E-state index contributed by atoms with van der Waals surface area (Å²) in [6.45, 7) is 3.89. The third-order valence-electron chi connectivity index (χ3n) is 2.90. The van der Waals surface area contributed by atoms with Crippen molar-refractivity contribution in [2.24, 2.45) is 5.92 Å². The van der Waals surface area contributed by atoms with Crippen LogP contribution in [0, 0.1) is 5.92 Å². The maximum atomic E-state index is 12.2. The van der Waals surface area contributed by atoms with Gasteiger partial charge in [-0.2, -0.15) is 0 Å². The number of amides is 1. The SMILES string of the molecule is CCNC1COCC1C(=O)Nc1cccnc1Br. The van der Waals surface area contributed by atoms with E-state index in [-0.39, 0.29) is 17.9 Å². The van der Waals surface area contributed by atoms with E-state index >= 15 is 0 Å². The van der Waals surface area contributed by atoms with Crippen molar-refractivity contribution in [2.75, 3.05) is 25.1 Å². The number of rotatable bonds is 4. The highest BCUT2D eigenvalue weighted by molar-refractivity contribution is 9.10. The molecule has 1 fully saturated rings. The van der Waals surface area contributed by atoms with Gasteiger partial charge in [-0.1, -0.05) is 6.92 Å². The molecule has 1 aromatic heterocycles. The van der Waals surface area contributed by atoms with Gasteiger partial charge in [0.2, 0.25) is 5.91 Å². The zero-order valence-corrected chi connectivity index (χ0v) is 11.7. The van der Waals surface area contributed by atoms with E-state index in [2.05, 4.69) is 31.5 Å². The Morgan fingerprint density at radius 3 is 3.17 bits per heavy atom. The topological polar surface area (TPSA) is 63.2 Å². The molecule has 0 aromatic carbocycles. The van der Waals surface area contributed by atoms with Gasteiger partial charge in [0.15, 0.2) is 0 Å². The number of halogens is 1. The molecule has 5 nitrogen and oxygen atoms in total. The van der Waals surface area contributed by atoms with Crippen LogP contribution >= 0.6 is 15.9 Å². The number of ether oxygens (including phenoxy) is 1. The highest BCUT2D eigenvalue weighted by Gasteiger charge is 2.33. The first-order valence-electron chi connectivity index (χ1n) is 5.95. The number of likely N-dealkylation sites (N-methyl/N-ethyl adjacent to an activating group) is 1. The molecule has 0 spiro atoms. The van der Waals surface area contributed by atoms with E-state index in [1.54, 1.807) is 12.3 Å². The molecule has 0 saturated carbocycles. The fourth-order valence-electron chi connectivity index (χ4n) is 1.98. The summed E-state index contributed by atoms with van der Waals surface area (Å²) in [6, 6.07) is 3.69. The van der Waals surface area contributed by atoms with Crippen molar-refractivity contribution in [1.82, 2.24) is 10.3 Å². The second-order valence-corrected chi connectivity index (χ2v) is 4.89. The van der Waals surface area contributed by atoms with Crippen LogP contribution in [0.5, 0.6) is 0 Å². The van der Waals surface area contributed by atoms with Crippen molar-refractivity contribution >= 4 is 27.5 Å². The summed E-state index contributed by atoms with van der Waals surface area (Å²) in [7, 11) is 0. The van der Waals surface area contributed by atoms with Gasteiger partial charge in [-0.25, -0.2) is 4.98 Å². The van der Waals surface area contributed by atoms with E-state index in [1.165, 1.54) is 0 Å². The van der Waals surface area contributed by atoms with E-state index < -0.39 is 0 Å². The van der Waals surface area contributed by atoms with Crippen molar-refractivity contribution in [3.05, 3.63) is 22.9 Å². The Bertz CT molecular complexity index is 428. The Labute approximate surface area is 114 Å². The molecular weight excluding hydrogens is 298 g/mol. The first kappa shape index (κ1) is 13.5. The van der Waals surface area contributed by atoms with Gasteiger partial charge in [0.05, 0.1) is 24.8 Å². The molecule has 6 heteroatoms. The van der Waals surface area contributed by atoms with Gasteiger partial charge in [0.1, 0.15) is 4.60 Å². The number of carbonyl (C=O) groups excluding carboxylic acids is 1. The number of pyridine rings is 1. The molecule has 2 N–H and O–H groups in total. The van der Waals surface area contributed by atoms with Gasteiger partial charge in [-0.05, 0) is 34.6 Å². The molecule has 2 atom stereocenters. The van der Waals surface area contributed by atoms with E-state index in [1.807, 2.05) is 13.0 Å². The molecule has 1 aromatic rings. The smallest absolute Gasteiger partial charge is 0.231 e. The highest BCUT2D eigenvalue weighted by Crippen LogP contribution is 2.21. The first-order valence-corrected chi connectivity index (χ1v) is 6.74. The fourth-order valence-corrected chi connectivity index (χ4v) is 2.33. The maximum absolute atomic E-state index is 12.2. The molecule has 1 amide bonds. The van der Waals surface area contributed by atoms with Crippen LogP contribution in [0.25, 0.3) is 0 Å². The zero-order chi connectivity index (χ0) is 13.0. The highest BCUT2D eigenvalue weighted by atomic mass is 79.9. The summed E-state index contributed by atoms with van der Waals surface area (Å²) < 4.78 is 6.00. The number of anilines is 1. The van der Waals surface area contributed by atoms with Crippen LogP contribution < -0.4 is 10.6 Å². The third kappa shape index (κ3) is 3.07. The van der Waals surface area contributed by atoms with Crippen molar-refractivity contribution < 1.29 is 9.53 Å². The number of aromatic nitrogens is 1. The van der Waals surface area contributed by atoms with Crippen LogP contribution in [-0.2, 0) is 9.53 Å². The van der Waals surface area contributed by atoms with Gasteiger partial charge in [0, 0.05) is 12.2 Å². The van der Waals surface area contributed by atoms with Gasteiger partial charge < -0.3 is 15.4 Å². The minimum atomic E-state index is -0.156. The van der Waals surface area contributed by atoms with E-state index in [0.717, 1.165) is 6.54 Å². The van der Waals surface area contributed by atoms with Crippen LogP contribution in [0.15, 0.2) is 22.9 Å². The summed E-state index contributed by atoms with van der Waals surface area (Å²) in [5.74, 6) is -0.191. The van der Waals surface area contributed by atoms with Crippen LogP contribution in [0.2, 0.25) is 0 Å². The lowest BCUT2D eigenvalue weighted by Crippen LogP contribution is -2.41. The molecule has 0 aliphatic carbocycles. The number of carbonyl (C=O) groups is 1. The Morgan fingerprint density at radius 2 is 2.44 bits per heavy atom. The molecule has 1 aliphatic rings. The molecule has 18 heavy (non-hydrogen) atoms. The van der Waals surface area contributed by atoms with E-state index in [0.29, 0.717) is 23.5 Å². The lowest BCUT2D eigenvalue weighted by molar-refractivity contribution is -0.120. The van der Waals surface area contributed by atoms with Crippen LogP contribution in [-0.4, -0.2) is 36.7 Å². The normalized spacial score (nSPS) is 23.0. The van der Waals surface area contributed by atoms with E-state index in [4.69, 9.17) is 4.74 Å². The van der Waals surface area contributed by atoms with Crippen LogP contribution in [0.3, 0.4) is 0 Å². The van der Waals surface area contributed by atoms with Crippen LogP contribution in [0.4, 0.5) is 5.69 Å². The quantitative estimate of drug-likeness (QED) is 0.825. The summed E-state index contributed by atoms with van der Waals surface area (Å²) in [4.78, 5) is 16.2. The largest absolute Gasteiger partial charge is 0.379 e. The lowest BCUT2D eigenvalue weighted by atomic mass is 10.0. The number of nitrogens with zero attached hydrogens (tertiary/aromatic N) is 1. The fraction of sp³-hybridized carbons (Fsp3) is 0.500. The monoisotopic (exact) mass is 313 g/mol. The lowest BCUT2D eigenvalue weighted by Gasteiger charge is -2.18. The second-order valence-electron chi connectivity index (χ2n) is 4.14. The minimum absolute atomic E-state index is 0.0350. The van der Waals surface area contributed by atoms with E-state index in [9.17, 15) is 4.79 Å². The number of nitrogens with one attached hydrogen (secondary N) is 2. The Balaban J connectivity index is 2.01. The van der Waals surface area contributed by atoms with Crippen molar-refractivity contribution in [3.8, 4) is 0 Å². The van der Waals surface area contributed by atoms with Gasteiger partial charge >= 0.3 is 0 Å². The first-order chi connectivity index (χ1) is 8.72. The molecule has 1 saturated heterocycles. The average molecular weight is 314 g/mol.